The van der Waals surface area contributed by atoms with E-state index in [9.17, 15) is 5.11 Å². The summed E-state index contributed by atoms with van der Waals surface area (Å²) in [4.78, 5) is 0. The van der Waals surface area contributed by atoms with Crippen molar-refractivity contribution in [1.29, 1.82) is 0 Å². The van der Waals surface area contributed by atoms with Crippen molar-refractivity contribution >= 4 is 0 Å². The van der Waals surface area contributed by atoms with Gasteiger partial charge in [0.25, 0.3) is 0 Å². The first-order valence-electron chi connectivity index (χ1n) is 9.64. The van der Waals surface area contributed by atoms with Crippen molar-refractivity contribution < 1.29 is 38.3 Å². The highest BCUT2D eigenvalue weighted by atomic mass is 16.8. The van der Waals surface area contributed by atoms with E-state index >= 15 is 0 Å². The van der Waals surface area contributed by atoms with Crippen LogP contribution in [0, 0.1) is 0 Å². The van der Waals surface area contributed by atoms with Gasteiger partial charge in [-0.2, -0.15) is 0 Å². The minimum atomic E-state index is -0.899. The van der Waals surface area contributed by atoms with Gasteiger partial charge in [0, 0.05) is 6.54 Å². The molecule has 3 N–H and O–H groups in total. The summed E-state index contributed by atoms with van der Waals surface area (Å²) in [6, 6.07) is 0. The number of nitrogens with two attached hydrogens (primary N) is 1. The van der Waals surface area contributed by atoms with Crippen LogP contribution in [0.15, 0.2) is 0 Å². The number of aliphatic hydroxyl groups is 1. The van der Waals surface area contributed by atoms with Crippen LogP contribution in [0.25, 0.3) is 0 Å². The van der Waals surface area contributed by atoms with Gasteiger partial charge in [-0.15, -0.1) is 0 Å². The van der Waals surface area contributed by atoms with E-state index < -0.39 is 11.4 Å². The summed E-state index contributed by atoms with van der Waals surface area (Å²) in [6.07, 6.45) is 0.310. The van der Waals surface area contributed by atoms with Gasteiger partial charge in [-0.25, -0.2) is 0 Å². The summed E-state index contributed by atoms with van der Waals surface area (Å²) in [5, 5.41) is 9.93. The Kier molecular flexibility index (Phi) is 9.85. The lowest BCUT2D eigenvalue weighted by atomic mass is 9.90. The van der Waals surface area contributed by atoms with Crippen LogP contribution in [0.4, 0.5) is 0 Å². The summed E-state index contributed by atoms with van der Waals surface area (Å²) in [5.41, 5.74) is 4.42. The second-order valence-electron chi connectivity index (χ2n) is 7.13. The number of aliphatic hydroxyl groups excluding tert-OH is 1. The predicted octanol–water partition coefficient (Wildman–Crippen LogP) is -0.317. The lowest BCUT2D eigenvalue weighted by Crippen LogP contribution is -2.59. The van der Waals surface area contributed by atoms with Gasteiger partial charge in [0.05, 0.1) is 72.2 Å². The molecule has 3 atom stereocenters. The molecule has 2 saturated heterocycles. The van der Waals surface area contributed by atoms with Crippen molar-refractivity contribution in [2.75, 3.05) is 72.6 Å². The molecule has 2 aliphatic heterocycles. The highest BCUT2D eigenvalue weighted by Crippen LogP contribution is 2.40. The lowest BCUT2D eigenvalue weighted by molar-refractivity contribution is -0.219. The third-order valence-corrected chi connectivity index (χ3v) is 4.49. The predicted molar refractivity (Wildman–Crippen MR) is 96.5 cm³/mol. The number of ether oxygens (including phenoxy) is 7. The van der Waals surface area contributed by atoms with Crippen LogP contribution in [0.3, 0.4) is 0 Å². The normalized spacial score (nSPS) is 29.8. The zero-order valence-electron chi connectivity index (χ0n) is 16.5. The number of hydrogen-bond donors (Lipinski definition) is 2. The highest BCUT2D eigenvalue weighted by Gasteiger charge is 2.55. The largest absolute Gasteiger partial charge is 0.393 e. The standard InChI is InChI=1S/C18H35NO8/c1-17(2)26-15-3-5-25-18(13-20,16(15)27-17)14-24-12-11-23-10-9-22-8-7-21-6-4-19/h15-16,20H,3-14,19H2,1-2H3/t15-,16-,18-/m1/s1. The third kappa shape index (κ3) is 7.19. The van der Waals surface area contributed by atoms with Crippen molar-refractivity contribution in [3.8, 4) is 0 Å². The Hall–Kier alpha value is -0.360. The molecule has 160 valence electrons. The van der Waals surface area contributed by atoms with E-state index in [2.05, 4.69) is 0 Å². The van der Waals surface area contributed by atoms with E-state index in [0.717, 1.165) is 6.42 Å². The average Bonchev–Trinajstić information content (AvgIpc) is 2.97. The second-order valence-corrected chi connectivity index (χ2v) is 7.13. The van der Waals surface area contributed by atoms with Crippen LogP contribution in [0.2, 0.25) is 0 Å². The Morgan fingerprint density at radius 2 is 1.52 bits per heavy atom. The van der Waals surface area contributed by atoms with E-state index in [0.29, 0.717) is 59.4 Å². The summed E-state index contributed by atoms with van der Waals surface area (Å²) < 4.78 is 39.5. The van der Waals surface area contributed by atoms with Crippen LogP contribution >= 0.6 is 0 Å². The van der Waals surface area contributed by atoms with Crippen LogP contribution < -0.4 is 5.73 Å². The van der Waals surface area contributed by atoms with Crippen LogP contribution in [-0.2, 0) is 33.2 Å². The Morgan fingerprint density at radius 3 is 2.11 bits per heavy atom. The second kappa shape index (κ2) is 11.6. The number of rotatable bonds is 14. The van der Waals surface area contributed by atoms with Crippen molar-refractivity contribution in [1.82, 2.24) is 0 Å². The smallest absolute Gasteiger partial charge is 0.163 e. The van der Waals surface area contributed by atoms with Crippen molar-refractivity contribution in [3.63, 3.8) is 0 Å². The molecule has 9 heteroatoms. The molecule has 0 aliphatic carbocycles. The molecule has 0 aromatic rings. The maximum absolute atomic E-state index is 9.93. The van der Waals surface area contributed by atoms with Gasteiger partial charge in [-0.1, -0.05) is 0 Å². The Balaban J connectivity index is 1.56. The molecule has 0 saturated carbocycles. The van der Waals surface area contributed by atoms with Gasteiger partial charge >= 0.3 is 0 Å². The Labute approximate surface area is 161 Å². The summed E-state index contributed by atoms with van der Waals surface area (Å²) in [7, 11) is 0. The molecule has 2 fully saturated rings. The lowest BCUT2D eigenvalue weighted by Gasteiger charge is -2.41. The monoisotopic (exact) mass is 393 g/mol. The Bertz CT molecular complexity index is 411. The summed E-state index contributed by atoms with van der Waals surface area (Å²) in [6.45, 7) is 8.23. The van der Waals surface area contributed by atoms with Crippen LogP contribution in [-0.4, -0.2) is 101 Å². The molecule has 0 aromatic carbocycles. The van der Waals surface area contributed by atoms with Crippen LogP contribution in [0.5, 0.6) is 0 Å². The topological polar surface area (TPSA) is 111 Å². The quantitative estimate of drug-likeness (QED) is 0.384. The maximum atomic E-state index is 9.93. The van der Waals surface area contributed by atoms with E-state index in [1.165, 1.54) is 0 Å². The maximum Gasteiger partial charge on any atom is 0.163 e. The zero-order valence-corrected chi connectivity index (χ0v) is 16.5. The van der Waals surface area contributed by atoms with Gasteiger partial charge in [0.1, 0.15) is 11.7 Å². The van der Waals surface area contributed by atoms with Gasteiger partial charge in [-0.3, -0.25) is 0 Å². The van der Waals surface area contributed by atoms with Gasteiger partial charge in [0.2, 0.25) is 0 Å². The van der Waals surface area contributed by atoms with Gasteiger partial charge < -0.3 is 44.0 Å². The van der Waals surface area contributed by atoms with Gasteiger partial charge in [0.15, 0.2) is 5.79 Å². The summed E-state index contributed by atoms with van der Waals surface area (Å²) in [5.74, 6) is -0.679. The number of fused-ring (bicyclic) bond motifs is 1. The SMILES string of the molecule is CC1(C)O[C@@H]2[C@@H](CCO[C@]2(CO)COCCOCCOCCOCCN)O1. The van der Waals surface area contributed by atoms with E-state index in [1.54, 1.807) is 0 Å². The average molecular weight is 393 g/mol. The van der Waals surface area contributed by atoms with Crippen molar-refractivity contribution in [2.24, 2.45) is 5.73 Å². The molecular weight excluding hydrogens is 358 g/mol. The summed E-state index contributed by atoms with van der Waals surface area (Å²) >= 11 is 0. The molecule has 0 aromatic heterocycles. The zero-order chi connectivity index (χ0) is 19.6. The molecule has 0 unspecified atom stereocenters. The highest BCUT2D eigenvalue weighted by molar-refractivity contribution is 5.01. The fourth-order valence-corrected chi connectivity index (χ4v) is 3.25. The molecule has 0 bridgehead atoms. The molecule has 0 radical (unpaired) electrons. The molecule has 2 heterocycles. The third-order valence-electron chi connectivity index (χ3n) is 4.49. The van der Waals surface area contributed by atoms with E-state index in [1.807, 2.05) is 13.8 Å². The molecular formula is C18H35NO8. The fraction of sp³-hybridized carbons (Fsp3) is 1.00. The molecule has 2 rings (SSSR count). The first-order valence-corrected chi connectivity index (χ1v) is 9.64. The minimum absolute atomic E-state index is 0.0910. The van der Waals surface area contributed by atoms with Crippen molar-refractivity contribution in [3.05, 3.63) is 0 Å². The van der Waals surface area contributed by atoms with Gasteiger partial charge in [-0.05, 0) is 20.3 Å². The molecule has 27 heavy (non-hydrogen) atoms. The van der Waals surface area contributed by atoms with Crippen molar-refractivity contribution in [2.45, 2.75) is 43.9 Å². The van der Waals surface area contributed by atoms with E-state index in [-0.39, 0.29) is 25.4 Å². The first kappa shape index (κ1) is 22.9. The minimum Gasteiger partial charge on any atom is -0.393 e. The van der Waals surface area contributed by atoms with E-state index in [4.69, 9.17) is 38.9 Å². The number of hydrogen-bond acceptors (Lipinski definition) is 9. The molecule has 0 amide bonds. The molecule has 2 aliphatic rings. The fourth-order valence-electron chi connectivity index (χ4n) is 3.25. The first-order chi connectivity index (χ1) is 13.0. The Morgan fingerprint density at radius 1 is 0.926 bits per heavy atom. The molecule has 9 nitrogen and oxygen atoms in total. The molecule has 0 spiro atoms. The van der Waals surface area contributed by atoms with Crippen LogP contribution in [0.1, 0.15) is 20.3 Å².